The molecule has 1 rings (SSSR count). The zero-order chi connectivity index (χ0) is 14.5. The van der Waals surface area contributed by atoms with Crippen LogP contribution in [0.3, 0.4) is 0 Å². The number of benzene rings is 1. The standard InChI is InChI=1S/C13H20N2O3S/c1-3-10(2)8-13(16)15-12-6-4-11(5-7-12)9-19(14,17)18/h4-7,10H,3,8-9H2,1-2H3,(H,15,16)(H2,14,17,18). The fraction of sp³-hybridized carbons (Fsp3) is 0.462. The van der Waals surface area contributed by atoms with Gasteiger partial charge < -0.3 is 5.32 Å². The third kappa shape index (κ3) is 6.35. The molecule has 1 unspecified atom stereocenters. The van der Waals surface area contributed by atoms with Crippen molar-refractivity contribution in [2.24, 2.45) is 11.1 Å². The summed E-state index contributed by atoms with van der Waals surface area (Å²) in [5.41, 5.74) is 1.26. The maximum Gasteiger partial charge on any atom is 0.224 e. The fourth-order valence-corrected chi connectivity index (χ4v) is 2.25. The second-order valence-electron chi connectivity index (χ2n) is 4.77. The highest BCUT2D eigenvalue weighted by molar-refractivity contribution is 7.88. The van der Waals surface area contributed by atoms with E-state index in [1.54, 1.807) is 24.3 Å². The molecule has 0 aliphatic carbocycles. The summed E-state index contributed by atoms with van der Waals surface area (Å²) < 4.78 is 21.9. The Morgan fingerprint density at radius 2 is 1.89 bits per heavy atom. The number of nitrogens with one attached hydrogen (secondary N) is 1. The minimum Gasteiger partial charge on any atom is -0.326 e. The van der Waals surface area contributed by atoms with Gasteiger partial charge in [0.05, 0.1) is 5.75 Å². The van der Waals surface area contributed by atoms with Crippen LogP contribution in [0.25, 0.3) is 0 Å². The van der Waals surface area contributed by atoms with E-state index in [0.29, 0.717) is 23.6 Å². The molecule has 0 aliphatic heterocycles. The van der Waals surface area contributed by atoms with E-state index in [9.17, 15) is 13.2 Å². The molecule has 5 nitrogen and oxygen atoms in total. The van der Waals surface area contributed by atoms with E-state index in [1.165, 1.54) is 0 Å². The van der Waals surface area contributed by atoms with Crippen molar-refractivity contribution in [1.82, 2.24) is 0 Å². The van der Waals surface area contributed by atoms with Gasteiger partial charge in [0.2, 0.25) is 15.9 Å². The van der Waals surface area contributed by atoms with Gasteiger partial charge in [-0.2, -0.15) is 0 Å². The van der Waals surface area contributed by atoms with Crippen LogP contribution in [0.2, 0.25) is 0 Å². The zero-order valence-corrected chi connectivity index (χ0v) is 12.0. The number of rotatable bonds is 6. The maximum atomic E-state index is 11.7. The largest absolute Gasteiger partial charge is 0.326 e. The van der Waals surface area contributed by atoms with Gasteiger partial charge in [-0.05, 0) is 23.6 Å². The number of nitrogens with two attached hydrogens (primary N) is 1. The molecule has 0 spiro atoms. The summed E-state index contributed by atoms with van der Waals surface area (Å²) in [6.07, 6.45) is 1.44. The van der Waals surface area contributed by atoms with Gasteiger partial charge >= 0.3 is 0 Å². The quantitative estimate of drug-likeness (QED) is 0.835. The first-order valence-electron chi connectivity index (χ1n) is 6.19. The molecule has 0 aliphatic rings. The van der Waals surface area contributed by atoms with Crippen LogP contribution in [0.4, 0.5) is 5.69 Å². The van der Waals surface area contributed by atoms with Gasteiger partial charge in [0.15, 0.2) is 0 Å². The maximum absolute atomic E-state index is 11.7. The van der Waals surface area contributed by atoms with Crippen molar-refractivity contribution in [3.8, 4) is 0 Å². The lowest BCUT2D eigenvalue weighted by atomic mass is 10.1. The van der Waals surface area contributed by atoms with E-state index in [2.05, 4.69) is 5.32 Å². The predicted octanol–water partition coefficient (Wildman–Crippen LogP) is 1.85. The smallest absolute Gasteiger partial charge is 0.224 e. The highest BCUT2D eigenvalue weighted by Gasteiger charge is 2.08. The third-order valence-electron chi connectivity index (χ3n) is 2.84. The molecule has 3 N–H and O–H groups in total. The summed E-state index contributed by atoms with van der Waals surface area (Å²) in [6.45, 7) is 4.06. The van der Waals surface area contributed by atoms with Crippen LogP contribution < -0.4 is 10.5 Å². The Hall–Kier alpha value is -1.40. The van der Waals surface area contributed by atoms with Crippen LogP contribution in [-0.4, -0.2) is 14.3 Å². The highest BCUT2D eigenvalue weighted by atomic mass is 32.2. The number of primary sulfonamides is 1. The number of hydrogen-bond acceptors (Lipinski definition) is 3. The van der Waals surface area contributed by atoms with Gasteiger partial charge in [-0.1, -0.05) is 32.4 Å². The summed E-state index contributed by atoms with van der Waals surface area (Å²) in [5, 5.41) is 7.74. The fourth-order valence-electron chi connectivity index (χ4n) is 1.59. The molecule has 0 aromatic heterocycles. The Labute approximate surface area is 114 Å². The number of carbonyl (C=O) groups is 1. The van der Waals surface area contributed by atoms with Gasteiger partial charge in [-0.3, -0.25) is 4.79 Å². The van der Waals surface area contributed by atoms with Gasteiger partial charge in [-0.25, -0.2) is 13.6 Å². The Morgan fingerprint density at radius 1 is 1.32 bits per heavy atom. The van der Waals surface area contributed by atoms with Crippen LogP contribution >= 0.6 is 0 Å². The van der Waals surface area contributed by atoms with Crippen molar-refractivity contribution >= 4 is 21.6 Å². The molecular weight excluding hydrogens is 264 g/mol. The van der Waals surface area contributed by atoms with Crippen LogP contribution in [0.1, 0.15) is 32.3 Å². The molecule has 106 valence electrons. The average Bonchev–Trinajstić information content (AvgIpc) is 2.29. The number of carbonyl (C=O) groups excluding carboxylic acids is 1. The Kier molecular flexibility index (Phi) is 5.50. The minimum absolute atomic E-state index is 0.0338. The summed E-state index contributed by atoms with van der Waals surface area (Å²) in [5.74, 6) is 0.115. The third-order valence-corrected chi connectivity index (χ3v) is 3.57. The molecule has 1 aromatic carbocycles. The monoisotopic (exact) mass is 284 g/mol. The number of anilines is 1. The topological polar surface area (TPSA) is 89.3 Å². The molecule has 0 fully saturated rings. The van der Waals surface area contributed by atoms with Gasteiger partial charge in [-0.15, -0.1) is 0 Å². The van der Waals surface area contributed by atoms with E-state index in [-0.39, 0.29) is 11.7 Å². The van der Waals surface area contributed by atoms with Crippen molar-refractivity contribution in [3.63, 3.8) is 0 Å². The van der Waals surface area contributed by atoms with Crippen molar-refractivity contribution in [1.29, 1.82) is 0 Å². The number of sulfonamides is 1. The molecule has 0 saturated heterocycles. The molecular formula is C13H20N2O3S. The molecule has 0 radical (unpaired) electrons. The SMILES string of the molecule is CCC(C)CC(=O)Nc1ccc(CS(N)(=O)=O)cc1. The van der Waals surface area contributed by atoms with E-state index in [0.717, 1.165) is 6.42 Å². The molecule has 1 amide bonds. The van der Waals surface area contributed by atoms with Crippen molar-refractivity contribution in [2.45, 2.75) is 32.4 Å². The number of hydrogen-bond donors (Lipinski definition) is 2. The molecule has 0 bridgehead atoms. The molecule has 0 saturated carbocycles. The summed E-state index contributed by atoms with van der Waals surface area (Å²) in [4.78, 5) is 11.7. The zero-order valence-electron chi connectivity index (χ0n) is 11.2. The lowest BCUT2D eigenvalue weighted by molar-refractivity contribution is -0.117. The van der Waals surface area contributed by atoms with Crippen LogP contribution in [0.5, 0.6) is 0 Å². The predicted molar refractivity (Wildman–Crippen MR) is 76.0 cm³/mol. The summed E-state index contributed by atoms with van der Waals surface area (Å²) in [6, 6.07) is 6.64. The molecule has 6 heteroatoms. The lowest BCUT2D eigenvalue weighted by Gasteiger charge is -2.09. The van der Waals surface area contributed by atoms with Crippen molar-refractivity contribution in [3.05, 3.63) is 29.8 Å². The number of amides is 1. The van der Waals surface area contributed by atoms with Crippen molar-refractivity contribution in [2.75, 3.05) is 5.32 Å². The van der Waals surface area contributed by atoms with Crippen LogP contribution in [0, 0.1) is 5.92 Å². The average molecular weight is 284 g/mol. The first-order chi connectivity index (χ1) is 8.80. The second kappa shape index (κ2) is 6.68. The van der Waals surface area contributed by atoms with E-state index < -0.39 is 10.0 Å². The second-order valence-corrected chi connectivity index (χ2v) is 6.38. The first kappa shape index (κ1) is 15.7. The van der Waals surface area contributed by atoms with Crippen LogP contribution in [0.15, 0.2) is 24.3 Å². The van der Waals surface area contributed by atoms with E-state index in [1.807, 2.05) is 13.8 Å². The highest BCUT2D eigenvalue weighted by Crippen LogP contribution is 2.13. The molecule has 0 heterocycles. The van der Waals surface area contributed by atoms with E-state index in [4.69, 9.17) is 5.14 Å². The molecule has 1 aromatic rings. The normalized spacial score (nSPS) is 13.0. The Balaban J connectivity index is 2.60. The summed E-state index contributed by atoms with van der Waals surface area (Å²) in [7, 11) is -3.52. The Bertz CT molecular complexity index is 523. The molecule has 19 heavy (non-hydrogen) atoms. The molecule has 1 atom stereocenters. The van der Waals surface area contributed by atoms with Gasteiger partial charge in [0, 0.05) is 12.1 Å². The first-order valence-corrected chi connectivity index (χ1v) is 7.91. The van der Waals surface area contributed by atoms with E-state index >= 15 is 0 Å². The Morgan fingerprint density at radius 3 is 2.37 bits per heavy atom. The van der Waals surface area contributed by atoms with Crippen molar-refractivity contribution < 1.29 is 13.2 Å². The summed E-state index contributed by atoms with van der Waals surface area (Å²) >= 11 is 0. The lowest BCUT2D eigenvalue weighted by Crippen LogP contribution is -2.15. The van der Waals surface area contributed by atoms with Gasteiger partial charge in [0.25, 0.3) is 0 Å². The van der Waals surface area contributed by atoms with Gasteiger partial charge in [0.1, 0.15) is 0 Å². The minimum atomic E-state index is -3.52. The van der Waals surface area contributed by atoms with Crippen LogP contribution in [-0.2, 0) is 20.6 Å².